The van der Waals surface area contributed by atoms with Crippen LogP contribution in [0.15, 0.2) is 16.9 Å². The molecular formula is C10H14N2O3. The number of ether oxygens (including phenoxy) is 1. The summed E-state index contributed by atoms with van der Waals surface area (Å²) in [4.78, 5) is 25.4. The van der Waals surface area contributed by atoms with E-state index in [2.05, 4.69) is 10.3 Å². The summed E-state index contributed by atoms with van der Waals surface area (Å²) in [5, 5.41) is 2.58. The van der Waals surface area contributed by atoms with Gasteiger partial charge in [0.05, 0.1) is 6.61 Å². The van der Waals surface area contributed by atoms with E-state index in [1.165, 1.54) is 6.07 Å². The average Bonchev–Trinajstić information content (AvgIpc) is 2.17. The molecule has 0 spiro atoms. The summed E-state index contributed by atoms with van der Waals surface area (Å²) in [6, 6.07) is 3.20. The Morgan fingerprint density at radius 1 is 1.53 bits per heavy atom. The third-order valence-corrected chi connectivity index (χ3v) is 1.89. The number of methoxy groups -OCH3 is 1. The normalized spacial score (nSPS) is 10.0. The van der Waals surface area contributed by atoms with Gasteiger partial charge < -0.3 is 15.0 Å². The Labute approximate surface area is 87.5 Å². The standard InChI is InChI=1S/C10H14N2O3/c1-7-3-4-8(10(14)12-7)9(13)11-5-6-15-2/h3-4H,5-6H2,1-2H3,(H,11,13)(H,12,14). The first-order valence-electron chi connectivity index (χ1n) is 4.62. The molecule has 0 aliphatic heterocycles. The van der Waals surface area contributed by atoms with Gasteiger partial charge in [0.2, 0.25) is 0 Å². The highest BCUT2D eigenvalue weighted by Gasteiger charge is 2.08. The smallest absolute Gasteiger partial charge is 0.260 e. The number of rotatable bonds is 4. The van der Waals surface area contributed by atoms with Crippen molar-refractivity contribution < 1.29 is 9.53 Å². The third-order valence-electron chi connectivity index (χ3n) is 1.89. The van der Waals surface area contributed by atoms with Gasteiger partial charge in [-0.2, -0.15) is 0 Å². The first kappa shape index (κ1) is 11.5. The number of hydrogen-bond acceptors (Lipinski definition) is 3. The molecule has 0 radical (unpaired) electrons. The number of amides is 1. The highest BCUT2D eigenvalue weighted by atomic mass is 16.5. The van der Waals surface area contributed by atoms with E-state index in [0.717, 1.165) is 5.69 Å². The van der Waals surface area contributed by atoms with Crippen LogP contribution in [0.3, 0.4) is 0 Å². The Balaban J connectivity index is 2.70. The maximum Gasteiger partial charge on any atom is 0.260 e. The van der Waals surface area contributed by atoms with Gasteiger partial charge in [-0.1, -0.05) is 0 Å². The number of nitrogens with one attached hydrogen (secondary N) is 2. The van der Waals surface area contributed by atoms with Crippen molar-refractivity contribution in [3.05, 3.63) is 33.7 Å². The molecule has 2 N–H and O–H groups in total. The molecule has 0 bridgehead atoms. The van der Waals surface area contributed by atoms with Gasteiger partial charge in [-0.3, -0.25) is 9.59 Å². The maximum absolute atomic E-state index is 11.5. The van der Waals surface area contributed by atoms with Crippen molar-refractivity contribution in [2.24, 2.45) is 0 Å². The Kier molecular flexibility index (Phi) is 4.05. The lowest BCUT2D eigenvalue weighted by atomic mass is 10.2. The monoisotopic (exact) mass is 210 g/mol. The molecule has 5 nitrogen and oxygen atoms in total. The number of carbonyl (C=O) groups excluding carboxylic acids is 1. The molecule has 5 heteroatoms. The van der Waals surface area contributed by atoms with E-state index in [4.69, 9.17) is 4.74 Å². The first-order valence-corrected chi connectivity index (χ1v) is 4.62. The van der Waals surface area contributed by atoms with Crippen molar-refractivity contribution >= 4 is 5.91 Å². The Morgan fingerprint density at radius 3 is 2.87 bits per heavy atom. The molecular weight excluding hydrogens is 196 g/mol. The Bertz CT molecular complexity index is 398. The lowest BCUT2D eigenvalue weighted by Gasteiger charge is -2.03. The minimum atomic E-state index is -0.381. The van der Waals surface area contributed by atoms with E-state index in [-0.39, 0.29) is 17.0 Å². The summed E-state index contributed by atoms with van der Waals surface area (Å²) in [5.41, 5.74) is 0.482. The van der Waals surface area contributed by atoms with Crippen molar-refractivity contribution in [3.8, 4) is 0 Å². The van der Waals surface area contributed by atoms with Crippen molar-refractivity contribution in [2.75, 3.05) is 20.3 Å². The molecule has 1 aromatic rings. The molecule has 0 saturated carbocycles. The highest BCUT2D eigenvalue weighted by Crippen LogP contribution is 1.93. The molecule has 1 amide bonds. The van der Waals surface area contributed by atoms with E-state index in [1.54, 1.807) is 20.1 Å². The number of aromatic nitrogens is 1. The van der Waals surface area contributed by atoms with Crippen LogP contribution in [0.2, 0.25) is 0 Å². The zero-order chi connectivity index (χ0) is 11.3. The SMILES string of the molecule is COCCNC(=O)c1ccc(C)[nH]c1=O. The second-order valence-corrected chi connectivity index (χ2v) is 3.13. The highest BCUT2D eigenvalue weighted by molar-refractivity contribution is 5.93. The molecule has 0 unspecified atom stereocenters. The molecule has 0 aliphatic rings. The summed E-state index contributed by atoms with van der Waals surface area (Å²) < 4.78 is 4.78. The van der Waals surface area contributed by atoms with Crippen LogP contribution < -0.4 is 10.9 Å². The summed E-state index contributed by atoms with van der Waals surface area (Å²) >= 11 is 0. The van der Waals surface area contributed by atoms with Gasteiger partial charge in [0.1, 0.15) is 5.56 Å². The molecule has 1 heterocycles. The molecule has 15 heavy (non-hydrogen) atoms. The Morgan fingerprint density at radius 2 is 2.27 bits per heavy atom. The fourth-order valence-electron chi connectivity index (χ4n) is 1.11. The topological polar surface area (TPSA) is 71.2 Å². The van der Waals surface area contributed by atoms with E-state index in [0.29, 0.717) is 13.2 Å². The van der Waals surface area contributed by atoms with Gasteiger partial charge in [0.15, 0.2) is 0 Å². The fraction of sp³-hybridized carbons (Fsp3) is 0.400. The van der Waals surface area contributed by atoms with Crippen LogP contribution in [0.5, 0.6) is 0 Å². The molecule has 1 aromatic heterocycles. The number of H-pyrrole nitrogens is 1. The Hall–Kier alpha value is -1.62. The van der Waals surface area contributed by atoms with Gasteiger partial charge in [0.25, 0.3) is 11.5 Å². The molecule has 0 saturated heterocycles. The lowest BCUT2D eigenvalue weighted by Crippen LogP contribution is -2.31. The lowest BCUT2D eigenvalue weighted by molar-refractivity contribution is 0.0935. The van der Waals surface area contributed by atoms with Crippen LogP contribution in [-0.4, -0.2) is 31.2 Å². The molecule has 0 aliphatic carbocycles. The van der Waals surface area contributed by atoms with Crippen LogP contribution in [0, 0.1) is 6.92 Å². The van der Waals surface area contributed by atoms with Crippen molar-refractivity contribution in [1.29, 1.82) is 0 Å². The number of carbonyl (C=O) groups is 1. The van der Waals surface area contributed by atoms with E-state index in [1.807, 2.05) is 0 Å². The van der Waals surface area contributed by atoms with Crippen molar-refractivity contribution in [3.63, 3.8) is 0 Å². The van der Waals surface area contributed by atoms with Gasteiger partial charge in [-0.15, -0.1) is 0 Å². The number of hydrogen-bond donors (Lipinski definition) is 2. The minimum absolute atomic E-state index is 0.122. The number of pyridine rings is 1. The third kappa shape index (κ3) is 3.21. The molecule has 0 atom stereocenters. The number of aryl methyl sites for hydroxylation is 1. The fourth-order valence-corrected chi connectivity index (χ4v) is 1.11. The predicted octanol–water partition coefficient (Wildman–Crippen LogP) is 0.0595. The molecule has 1 rings (SSSR count). The van der Waals surface area contributed by atoms with Crippen LogP contribution in [-0.2, 0) is 4.74 Å². The van der Waals surface area contributed by atoms with E-state index >= 15 is 0 Å². The zero-order valence-corrected chi connectivity index (χ0v) is 8.79. The van der Waals surface area contributed by atoms with Crippen LogP contribution in [0.4, 0.5) is 0 Å². The quantitative estimate of drug-likeness (QED) is 0.690. The summed E-state index contributed by atoms with van der Waals surface area (Å²) in [6.45, 7) is 2.58. The second kappa shape index (κ2) is 5.31. The summed E-state index contributed by atoms with van der Waals surface area (Å²) in [6.07, 6.45) is 0. The largest absolute Gasteiger partial charge is 0.383 e. The maximum atomic E-state index is 11.5. The van der Waals surface area contributed by atoms with Crippen LogP contribution in [0.1, 0.15) is 16.1 Å². The van der Waals surface area contributed by atoms with Crippen molar-refractivity contribution in [1.82, 2.24) is 10.3 Å². The average molecular weight is 210 g/mol. The van der Waals surface area contributed by atoms with E-state index < -0.39 is 0 Å². The zero-order valence-electron chi connectivity index (χ0n) is 8.79. The van der Waals surface area contributed by atoms with Crippen molar-refractivity contribution in [2.45, 2.75) is 6.92 Å². The summed E-state index contributed by atoms with van der Waals surface area (Å²) in [5.74, 6) is -0.381. The number of aromatic amines is 1. The first-order chi connectivity index (χ1) is 7.15. The molecule has 0 aromatic carbocycles. The second-order valence-electron chi connectivity index (χ2n) is 3.13. The predicted molar refractivity (Wildman–Crippen MR) is 56.0 cm³/mol. The molecule has 82 valence electrons. The van der Waals surface area contributed by atoms with Crippen LogP contribution in [0.25, 0.3) is 0 Å². The molecule has 0 fully saturated rings. The van der Waals surface area contributed by atoms with E-state index in [9.17, 15) is 9.59 Å². The van der Waals surface area contributed by atoms with Gasteiger partial charge >= 0.3 is 0 Å². The summed E-state index contributed by atoms with van der Waals surface area (Å²) in [7, 11) is 1.55. The van der Waals surface area contributed by atoms with Gasteiger partial charge in [0, 0.05) is 19.3 Å². The van der Waals surface area contributed by atoms with Gasteiger partial charge in [-0.25, -0.2) is 0 Å². The minimum Gasteiger partial charge on any atom is -0.383 e. The van der Waals surface area contributed by atoms with Crippen LogP contribution >= 0.6 is 0 Å². The van der Waals surface area contributed by atoms with Gasteiger partial charge in [-0.05, 0) is 19.1 Å².